The van der Waals surface area contributed by atoms with Crippen LogP contribution in [-0.2, 0) is 80.7 Å². The number of nitrogens with zero attached hydrogens (tertiary/aromatic N) is 2. The van der Waals surface area contributed by atoms with E-state index in [1.807, 2.05) is 6.07 Å². The average molecular weight is 1010 g/mol. The van der Waals surface area contributed by atoms with Crippen molar-refractivity contribution in [2.45, 2.75) is 49.3 Å². The molecule has 0 saturated carbocycles. The smallest absolute Gasteiger partial charge is 0.318 e. The van der Waals surface area contributed by atoms with E-state index in [0.29, 0.717) is 37.6 Å². The van der Waals surface area contributed by atoms with Crippen molar-refractivity contribution in [3.05, 3.63) is 108 Å². The maximum atomic E-state index is 12.9. The molecule has 3 aliphatic rings. The van der Waals surface area contributed by atoms with Gasteiger partial charge in [-0.05, 0) is 16.7 Å². The number of carbonyl (C=O) groups excluding carboxylic acids is 8. The van der Waals surface area contributed by atoms with Crippen LogP contribution in [0.4, 0.5) is 9.59 Å². The number of hydrogen-bond acceptors (Lipinski definition) is 15. The van der Waals surface area contributed by atoms with Gasteiger partial charge in [-0.1, -0.05) is 91.0 Å². The summed E-state index contributed by atoms with van der Waals surface area (Å²) < 4.78 is 66.6. The monoisotopic (exact) mass is 1010 g/mol. The Morgan fingerprint density at radius 2 is 1.07 bits per heavy atom. The van der Waals surface area contributed by atoms with E-state index in [1.54, 1.807) is 84.9 Å². The Balaban J connectivity index is 0.000000262. The van der Waals surface area contributed by atoms with Gasteiger partial charge in [0.2, 0.25) is 23.8 Å². The van der Waals surface area contributed by atoms with E-state index in [9.17, 15) is 55.2 Å². The Hall–Kier alpha value is -6.96. The first-order chi connectivity index (χ1) is 33.4. The summed E-state index contributed by atoms with van der Waals surface area (Å²) in [6.07, 6.45) is -1.07. The van der Waals surface area contributed by atoms with Gasteiger partial charge in [-0.3, -0.25) is 28.8 Å². The Morgan fingerprint density at radius 1 is 0.643 bits per heavy atom. The van der Waals surface area contributed by atoms with Crippen LogP contribution in [0.15, 0.2) is 91.0 Å². The summed E-state index contributed by atoms with van der Waals surface area (Å²) in [5.74, 6) is -6.86. The summed E-state index contributed by atoms with van der Waals surface area (Å²) in [5, 5.41) is 14.3. The van der Waals surface area contributed by atoms with Crippen LogP contribution >= 0.6 is 0 Å². The first kappa shape index (κ1) is 54.0. The molecule has 6 rings (SSSR count). The van der Waals surface area contributed by atoms with Crippen molar-refractivity contribution in [2.75, 3.05) is 70.7 Å². The highest BCUT2D eigenvalue weighted by atomic mass is 32.2. The van der Waals surface area contributed by atoms with Crippen LogP contribution in [-0.4, -0.2) is 169 Å². The second-order valence-electron chi connectivity index (χ2n) is 16.1. The summed E-state index contributed by atoms with van der Waals surface area (Å²) in [4.78, 5) is 101. The van der Waals surface area contributed by atoms with Crippen LogP contribution in [0.25, 0.3) is 0 Å². The van der Waals surface area contributed by atoms with Gasteiger partial charge in [0, 0.05) is 39.6 Å². The molecule has 3 aromatic rings. The van der Waals surface area contributed by atoms with E-state index in [1.165, 1.54) is 9.80 Å². The van der Waals surface area contributed by atoms with Crippen molar-refractivity contribution in [1.29, 1.82) is 0 Å². The topological polar surface area (TPSA) is 311 Å². The van der Waals surface area contributed by atoms with Crippen molar-refractivity contribution in [3.63, 3.8) is 0 Å². The second kappa shape index (κ2) is 26.1. The van der Waals surface area contributed by atoms with Crippen LogP contribution in [0, 0.1) is 0 Å². The summed E-state index contributed by atoms with van der Waals surface area (Å²) in [7, 11) is -7.66. The fourth-order valence-electron chi connectivity index (χ4n) is 6.94. The number of amides is 8. The number of rotatable bonds is 19. The standard InChI is InChI=1S/C25H30N4O7S.C20H26N4O8S/c30-22(24(32)26-15-19-7-3-1-4-8-19)16-27-23(31)21(28-25(33)29-11-13-36-14-12-29)18-37(34,35)17-20-9-5-2-6-10-20;1-13(25)32-19-16(18(27)23-19)22-17(26)15(21-20(28)24-7-9-31-10-8-24)12-33(29,30)11-14-5-3-2-4-6-14/h1-10,21H,11-18H2,(H,26,32)(H,27,31)(H,28,33);2-6,15-16,19H,7-12H2,1H3,(H,21,28)(H,22,26)(H,23,27)/t21-;15-,16?,19-/m00/s1. The molecule has 23 nitrogen and oxygen atoms in total. The number of hydrogen-bond donors (Lipinski definition) is 6. The molecule has 3 fully saturated rings. The third-order valence-corrected chi connectivity index (χ3v) is 13.8. The van der Waals surface area contributed by atoms with Crippen LogP contribution in [0.3, 0.4) is 0 Å². The molecule has 0 bridgehead atoms. The van der Waals surface area contributed by atoms with Gasteiger partial charge in [-0.2, -0.15) is 0 Å². The lowest BCUT2D eigenvalue weighted by Crippen LogP contribution is -2.72. The van der Waals surface area contributed by atoms with E-state index in [-0.39, 0.29) is 44.2 Å². The molecule has 70 heavy (non-hydrogen) atoms. The van der Waals surface area contributed by atoms with E-state index in [2.05, 4.69) is 31.9 Å². The zero-order chi connectivity index (χ0) is 50.7. The molecule has 3 aliphatic heterocycles. The highest BCUT2D eigenvalue weighted by Crippen LogP contribution is 2.13. The van der Waals surface area contributed by atoms with Crippen molar-refractivity contribution < 1.29 is 69.4 Å². The van der Waals surface area contributed by atoms with Gasteiger partial charge < -0.3 is 55.9 Å². The summed E-state index contributed by atoms with van der Waals surface area (Å²) >= 11 is 0. The fraction of sp³-hybridized carbons (Fsp3) is 0.422. The van der Waals surface area contributed by atoms with E-state index in [4.69, 9.17) is 14.2 Å². The van der Waals surface area contributed by atoms with Gasteiger partial charge in [0.25, 0.3) is 11.8 Å². The maximum absolute atomic E-state index is 12.9. The largest absolute Gasteiger partial charge is 0.439 e. The van der Waals surface area contributed by atoms with Gasteiger partial charge in [0.05, 0.1) is 56.0 Å². The number of carbonyl (C=O) groups is 8. The average Bonchev–Trinajstić information content (AvgIpc) is 3.34. The predicted octanol–water partition coefficient (Wildman–Crippen LogP) is -1.47. The highest BCUT2D eigenvalue weighted by molar-refractivity contribution is 7.91. The molecule has 3 saturated heterocycles. The third-order valence-electron chi connectivity index (χ3n) is 10.6. The number of ether oxygens (including phenoxy) is 3. The number of sulfone groups is 2. The van der Waals surface area contributed by atoms with Crippen LogP contribution in [0.5, 0.6) is 0 Å². The van der Waals surface area contributed by atoms with Crippen molar-refractivity contribution in [3.8, 4) is 0 Å². The molecule has 25 heteroatoms. The minimum absolute atomic E-state index is 0.134. The van der Waals surface area contributed by atoms with Crippen molar-refractivity contribution >= 4 is 67.1 Å². The summed E-state index contributed by atoms with van der Waals surface area (Å²) in [5.41, 5.74) is 1.86. The van der Waals surface area contributed by atoms with Gasteiger partial charge in [0.1, 0.15) is 12.1 Å². The number of morpholine rings is 2. The third kappa shape index (κ3) is 17.8. The molecule has 8 amide bonds. The maximum Gasteiger partial charge on any atom is 0.318 e. The van der Waals surface area contributed by atoms with Crippen molar-refractivity contribution in [1.82, 2.24) is 41.7 Å². The number of benzene rings is 3. The lowest BCUT2D eigenvalue weighted by Gasteiger charge is -2.36. The molecule has 4 atom stereocenters. The van der Waals surface area contributed by atoms with Crippen LogP contribution in [0.1, 0.15) is 23.6 Å². The second-order valence-corrected chi connectivity index (χ2v) is 20.3. The number of nitrogens with one attached hydrogen (secondary N) is 6. The van der Waals surface area contributed by atoms with Gasteiger partial charge in [0.15, 0.2) is 25.7 Å². The number of ketones is 1. The molecule has 1 unspecified atom stereocenters. The zero-order valence-electron chi connectivity index (χ0n) is 38.2. The molecule has 0 spiro atoms. The zero-order valence-corrected chi connectivity index (χ0v) is 39.8. The van der Waals surface area contributed by atoms with Gasteiger partial charge >= 0.3 is 18.0 Å². The van der Waals surface area contributed by atoms with Crippen LogP contribution < -0.4 is 31.9 Å². The number of urea groups is 2. The molecule has 0 aliphatic carbocycles. The minimum atomic E-state index is -3.83. The first-order valence-corrected chi connectivity index (χ1v) is 25.7. The molecular formula is C45H56N8O15S2. The molecule has 0 aromatic heterocycles. The fourth-order valence-corrected chi connectivity index (χ4v) is 10.1. The van der Waals surface area contributed by atoms with Gasteiger partial charge in [-0.15, -0.1) is 0 Å². The summed E-state index contributed by atoms with van der Waals surface area (Å²) in [6, 6.07) is 20.4. The highest BCUT2D eigenvalue weighted by Gasteiger charge is 2.44. The molecule has 6 N–H and O–H groups in total. The normalized spacial score (nSPS) is 17.6. The first-order valence-electron chi connectivity index (χ1n) is 22.0. The molecule has 3 heterocycles. The number of esters is 1. The molecule has 3 aromatic carbocycles. The van der Waals surface area contributed by atoms with E-state index < -0.39 is 110 Å². The Bertz CT molecular complexity index is 2530. The predicted molar refractivity (Wildman–Crippen MR) is 249 cm³/mol. The number of β-lactam (4-membered cyclic amide) rings is 1. The lowest BCUT2D eigenvalue weighted by atomic mass is 10.1. The van der Waals surface area contributed by atoms with Crippen LogP contribution in [0.2, 0.25) is 0 Å². The quantitative estimate of drug-likeness (QED) is 0.0454. The van der Waals surface area contributed by atoms with Gasteiger partial charge in [-0.25, -0.2) is 26.4 Å². The molecule has 0 radical (unpaired) electrons. The Labute approximate surface area is 404 Å². The number of Topliss-reactive ketones (excluding diaryl/α,β-unsaturated/α-hetero) is 1. The van der Waals surface area contributed by atoms with Crippen molar-refractivity contribution in [2.24, 2.45) is 0 Å². The molecule has 378 valence electrons. The van der Waals surface area contributed by atoms with E-state index in [0.717, 1.165) is 12.5 Å². The Morgan fingerprint density at radius 3 is 1.50 bits per heavy atom. The molecular weight excluding hydrogens is 957 g/mol. The Kier molecular flexibility index (Phi) is 20.2. The SMILES string of the molecule is CC(=O)O[C@@H]1NC(=O)C1NC(=O)[C@H](CS(=O)(=O)Cc1ccccc1)NC(=O)N1CCOCC1.O=C(CNC(=O)[C@H](CS(=O)(=O)Cc1ccccc1)NC(=O)N1CCOCC1)C(=O)NCc1ccccc1. The lowest BCUT2D eigenvalue weighted by molar-refractivity contribution is -0.164. The minimum Gasteiger partial charge on any atom is -0.439 e. The summed E-state index contributed by atoms with van der Waals surface area (Å²) in [6.45, 7) is 3.07. The van der Waals surface area contributed by atoms with E-state index >= 15 is 0 Å².